The van der Waals surface area contributed by atoms with Crippen molar-refractivity contribution in [3.05, 3.63) is 151 Å². The summed E-state index contributed by atoms with van der Waals surface area (Å²) in [6.45, 7) is 6.95. The second-order valence-corrected chi connectivity index (χ2v) is 18.8. The SMILES string of the molecule is CC(C)(C)c1ccc(N2c3cc4c(sc5ccccc54)c4c3B(c3c2sc2ccccc32)N2c3ccccc3Sc3cccc-4c32)c(-c2ccccc2)c1. The second kappa shape index (κ2) is 11.1. The van der Waals surface area contributed by atoms with Crippen molar-refractivity contribution in [2.75, 3.05) is 9.71 Å². The number of anilines is 5. The molecule has 0 aliphatic carbocycles. The Morgan fingerprint density at radius 3 is 2.09 bits per heavy atom. The maximum absolute atomic E-state index is 2.71. The molecule has 0 bridgehead atoms. The van der Waals surface area contributed by atoms with Gasteiger partial charge >= 0.3 is 6.85 Å². The van der Waals surface area contributed by atoms with E-state index in [0.717, 1.165) is 0 Å². The average molecular weight is 745 g/mol. The van der Waals surface area contributed by atoms with Gasteiger partial charge in [0.1, 0.15) is 0 Å². The van der Waals surface area contributed by atoms with Gasteiger partial charge in [0, 0.05) is 62.7 Å². The Morgan fingerprint density at radius 2 is 1.26 bits per heavy atom. The Bertz CT molecular complexity index is 3040. The molecule has 5 heterocycles. The van der Waals surface area contributed by atoms with Crippen LogP contribution >= 0.6 is 34.4 Å². The summed E-state index contributed by atoms with van der Waals surface area (Å²) in [5.41, 5.74) is 14.5. The van der Waals surface area contributed by atoms with Crippen LogP contribution < -0.4 is 20.6 Å². The zero-order valence-electron chi connectivity index (χ0n) is 30.1. The van der Waals surface area contributed by atoms with Crippen LogP contribution in [-0.4, -0.2) is 6.85 Å². The molecule has 256 valence electrons. The van der Waals surface area contributed by atoms with E-state index < -0.39 is 0 Å². The van der Waals surface area contributed by atoms with Gasteiger partial charge in [-0.15, -0.1) is 22.7 Å². The predicted molar refractivity (Wildman–Crippen MR) is 237 cm³/mol. The molecule has 0 fully saturated rings. The van der Waals surface area contributed by atoms with Crippen molar-refractivity contribution in [2.24, 2.45) is 0 Å². The van der Waals surface area contributed by atoms with Gasteiger partial charge in [0.15, 0.2) is 0 Å². The van der Waals surface area contributed by atoms with E-state index in [2.05, 4.69) is 176 Å². The molecule has 6 heteroatoms. The summed E-state index contributed by atoms with van der Waals surface area (Å²) in [5.74, 6) is 0. The lowest BCUT2D eigenvalue weighted by Crippen LogP contribution is -2.61. The Hall–Kier alpha value is -5.27. The van der Waals surface area contributed by atoms with Gasteiger partial charge in [-0.25, -0.2) is 0 Å². The molecule has 7 aromatic carbocycles. The number of hydrogen-bond donors (Lipinski definition) is 0. The van der Waals surface area contributed by atoms with Crippen LogP contribution in [0.3, 0.4) is 0 Å². The predicted octanol–water partition coefficient (Wildman–Crippen LogP) is 13.4. The van der Waals surface area contributed by atoms with Crippen LogP contribution in [0.2, 0.25) is 0 Å². The minimum absolute atomic E-state index is 0.00302. The van der Waals surface area contributed by atoms with Crippen molar-refractivity contribution in [2.45, 2.75) is 36.0 Å². The minimum Gasteiger partial charge on any atom is -0.374 e. The Labute approximate surface area is 327 Å². The number of thiophene rings is 2. The molecule has 2 aromatic heterocycles. The molecular weight excluding hydrogens is 712 g/mol. The lowest BCUT2D eigenvalue weighted by atomic mass is 9.43. The summed E-state index contributed by atoms with van der Waals surface area (Å²) in [7, 11) is 0. The fraction of sp³-hybridized carbons (Fsp3) is 0.0833. The molecule has 0 atom stereocenters. The van der Waals surface area contributed by atoms with E-state index in [1.807, 2.05) is 34.4 Å². The summed E-state index contributed by atoms with van der Waals surface area (Å²) in [4.78, 5) is 7.99. The zero-order valence-corrected chi connectivity index (χ0v) is 32.5. The molecule has 0 spiro atoms. The Balaban J connectivity index is 1.28. The maximum Gasteiger partial charge on any atom is 0.334 e. The lowest BCUT2D eigenvalue weighted by molar-refractivity contribution is 0.590. The van der Waals surface area contributed by atoms with E-state index in [9.17, 15) is 0 Å². The summed E-state index contributed by atoms with van der Waals surface area (Å²) in [5, 5.41) is 5.30. The molecule has 0 N–H and O–H groups in total. The van der Waals surface area contributed by atoms with E-state index >= 15 is 0 Å². The van der Waals surface area contributed by atoms with Crippen LogP contribution in [-0.2, 0) is 5.41 Å². The van der Waals surface area contributed by atoms with Gasteiger partial charge in [0.25, 0.3) is 0 Å². The first-order chi connectivity index (χ1) is 26.4. The number of fused-ring (bicyclic) bond motifs is 12. The highest BCUT2D eigenvalue weighted by Gasteiger charge is 2.50. The topological polar surface area (TPSA) is 6.48 Å². The highest BCUT2D eigenvalue weighted by Crippen LogP contribution is 2.59. The molecule has 0 radical (unpaired) electrons. The molecule has 3 aliphatic rings. The smallest absolute Gasteiger partial charge is 0.334 e. The summed E-state index contributed by atoms with van der Waals surface area (Å²) >= 11 is 5.80. The van der Waals surface area contributed by atoms with Crippen LogP contribution in [0.25, 0.3) is 52.5 Å². The first-order valence-electron chi connectivity index (χ1n) is 18.6. The highest BCUT2D eigenvalue weighted by atomic mass is 32.2. The van der Waals surface area contributed by atoms with Gasteiger partial charge in [0.05, 0.1) is 16.4 Å². The van der Waals surface area contributed by atoms with Crippen molar-refractivity contribution < 1.29 is 0 Å². The molecule has 0 saturated heterocycles. The summed E-state index contributed by atoms with van der Waals surface area (Å²) in [6.07, 6.45) is 0. The quantitative estimate of drug-likeness (QED) is 0.163. The minimum atomic E-state index is -0.00302. The molecule has 2 nitrogen and oxygen atoms in total. The molecular formula is C48H33BN2S3. The van der Waals surface area contributed by atoms with Crippen LogP contribution in [0.1, 0.15) is 26.3 Å². The molecule has 9 aromatic rings. The van der Waals surface area contributed by atoms with Crippen molar-refractivity contribution in [3.63, 3.8) is 0 Å². The van der Waals surface area contributed by atoms with Gasteiger partial charge in [-0.1, -0.05) is 130 Å². The van der Waals surface area contributed by atoms with E-state index in [4.69, 9.17) is 0 Å². The van der Waals surface area contributed by atoms with E-state index in [-0.39, 0.29) is 12.3 Å². The molecule has 3 aliphatic heterocycles. The van der Waals surface area contributed by atoms with Gasteiger partial charge in [-0.2, -0.15) is 0 Å². The standard InChI is InChI=1S/C48H33BN2S3/c1-48(2,3)29-24-25-35(33(26-29)28-14-5-4-6-15-28)50-37-27-34-30-16-7-10-20-38(30)53-46(34)42-32-18-13-23-41-45(32)51(36-19-9-12-22-40(36)52-41)49(44(37)42)43-31-17-8-11-21-39(31)54-47(43)50/h4-27H,1-3H3. The molecule has 0 unspecified atom stereocenters. The van der Waals surface area contributed by atoms with Crippen molar-refractivity contribution in [1.82, 2.24) is 0 Å². The van der Waals surface area contributed by atoms with E-state index in [1.165, 1.54) is 107 Å². The fourth-order valence-corrected chi connectivity index (χ4v) is 12.8. The monoisotopic (exact) mass is 744 g/mol. The molecule has 54 heavy (non-hydrogen) atoms. The van der Waals surface area contributed by atoms with E-state index in [0.29, 0.717) is 0 Å². The van der Waals surface area contributed by atoms with Crippen molar-refractivity contribution in [3.8, 4) is 22.3 Å². The third-order valence-electron chi connectivity index (χ3n) is 11.6. The molecule has 12 rings (SSSR count). The zero-order chi connectivity index (χ0) is 35.9. The number of nitrogens with zero attached hydrogens (tertiary/aromatic N) is 2. The van der Waals surface area contributed by atoms with Crippen LogP contribution in [0.15, 0.2) is 155 Å². The molecule has 0 amide bonds. The highest BCUT2D eigenvalue weighted by molar-refractivity contribution is 7.99. The number of para-hydroxylation sites is 2. The second-order valence-electron chi connectivity index (χ2n) is 15.7. The number of benzene rings is 7. The van der Waals surface area contributed by atoms with E-state index in [1.54, 1.807) is 0 Å². The number of hydrogen-bond acceptors (Lipinski definition) is 5. The average Bonchev–Trinajstić information content (AvgIpc) is 3.77. The third kappa shape index (κ3) is 4.19. The molecule has 0 saturated carbocycles. The van der Waals surface area contributed by atoms with Gasteiger partial charge in [-0.05, 0) is 81.4 Å². The largest absolute Gasteiger partial charge is 0.374 e. The van der Waals surface area contributed by atoms with Gasteiger partial charge in [0.2, 0.25) is 0 Å². The van der Waals surface area contributed by atoms with Gasteiger partial charge in [-0.3, -0.25) is 0 Å². The van der Waals surface area contributed by atoms with Crippen LogP contribution in [0, 0.1) is 0 Å². The van der Waals surface area contributed by atoms with Crippen molar-refractivity contribution >= 4 is 110 Å². The fourth-order valence-electron chi connectivity index (χ4n) is 9.17. The third-order valence-corrected chi connectivity index (χ3v) is 15.1. The normalized spacial score (nSPS) is 14.0. The van der Waals surface area contributed by atoms with Crippen LogP contribution in [0.5, 0.6) is 0 Å². The van der Waals surface area contributed by atoms with Crippen LogP contribution in [0.4, 0.5) is 27.8 Å². The maximum atomic E-state index is 2.71. The van der Waals surface area contributed by atoms with Crippen molar-refractivity contribution in [1.29, 1.82) is 0 Å². The van der Waals surface area contributed by atoms with Gasteiger partial charge < -0.3 is 9.71 Å². The number of rotatable bonds is 2. The summed E-state index contributed by atoms with van der Waals surface area (Å²) < 4.78 is 4.03. The first kappa shape index (κ1) is 31.1. The Kier molecular flexibility index (Phi) is 6.42. The Morgan fingerprint density at radius 1 is 0.537 bits per heavy atom. The summed E-state index contributed by atoms with van der Waals surface area (Å²) in [6, 6.07) is 54.9. The lowest BCUT2D eigenvalue weighted by Gasteiger charge is -2.47. The first-order valence-corrected chi connectivity index (χ1v) is 21.1.